The molecule has 0 radical (unpaired) electrons. The molecule has 0 aromatic carbocycles. The Morgan fingerprint density at radius 1 is 1.33 bits per heavy atom. The van der Waals surface area contributed by atoms with Gasteiger partial charge < -0.3 is 9.52 Å². The molecule has 82 valence electrons. The Balaban J connectivity index is 2.24. The molecule has 1 aliphatic carbocycles. The van der Waals surface area contributed by atoms with Crippen molar-refractivity contribution in [2.45, 2.75) is 44.6 Å². The maximum Gasteiger partial charge on any atom is 0.111 e. The highest BCUT2D eigenvalue weighted by Gasteiger charge is 2.28. The van der Waals surface area contributed by atoms with E-state index in [9.17, 15) is 5.11 Å². The van der Waals surface area contributed by atoms with Crippen LogP contribution in [-0.2, 0) is 5.60 Å². The summed E-state index contributed by atoms with van der Waals surface area (Å²) in [6.07, 6.45) is 11.2. The minimum atomic E-state index is -0.850. The molecule has 1 aliphatic rings. The molecule has 0 aliphatic heterocycles. The lowest BCUT2D eigenvalue weighted by Gasteiger charge is -2.25. The van der Waals surface area contributed by atoms with Crippen molar-refractivity contribution in [2.24, 2.45) is 0 Å². The zero-order valence-electron chi connectivity index (χ0n) is 9.20. The molecule has 0 spiro atoms. The van der Waals surface area contributed by atoms with Gasteiger partial charge >= 0.3 is 0 Å². The second-order valence-electron chi connectivity index (χ2n) is 4.41. The molecule has 0 bridgehead atoms. The van der Waals surface area contributed by atoms with E-state index in [2.05, 4.69) is 6.08 Å². The summed E-state index contributed by atoms with van der Waals surface area (Å²) in [5, 5.41) is 10.5. The Kier molecular flexibility index (Phi) is 2.96. The summed E-state index contributed by atoms with van der Waals surface area (Å²) in [5.74, 6) is 0. The standard InChI is InChI=1S/C13H18O2/c1-13(14,12-8-9-15-10-12)11-6-4-2-3-5-7-11/h6,8-10,14H,2-5,7H2,1H3. The summed E-state index contributed by atoms with van der Waals surface area (Å²) in [6.45, 7) is 1.86. The molecule has 1 heterocycles. The Morgan fingerprint density at radius 2 is 2.20 bits per heavy atom. The number of hydrogen-bond acceptors (Lipinski definition) is 2. The third-order valence-corrected chi connectivity index (χ3v) is 3.25. The first-order valence-electron chi connectivity index (χ1n) is 5.66. The second-order valence-corrected chi connectivity index (χ2v) is 4.41. The maximum atomic E-state index is 10.5. The monoisotopic (exact) mass is 206 g/mol. The van der Waals surface area contributed by atoms with Gasteiger partial charge in [-0.2, -0.15) is 0 Å². The first kappa shape index (κ1) is 10.5. The lowest BCUT2D eigenvalue weighted by Crippen LogP contribution is -2.23. The number of hydrogen-bond donors (Lipinski definition) is 1. The molecule has 2 nitrogen and oxygen atoms in total. The van der Waals surface area contributed by atoms with Crippen molar-refractivity contribution >= 4 is 0 Å². The van der Waals surface area contributed by atoms with Crippen molar-refractivity contribution in [1.29, 1.82) is 0 Å². The molecular weight excluding hydrogens is 188 g/mol. The van der Waals surface area contributed by atoms with E-state index in [0.29, 0.717) is 0 Å². The van der Waals surface area contributed by atoms with Crippen LogP contribution in [0.25, 0.3) is 0 Å². The Morgan fingerprint density at radius 3 is 2.93 bits per heavy atom. The van der Waals surface area contributed by atoms with Gasteiger partial charge in [0.1, 0.15) is 5.60 Å². The van der Waals surface area contributed by atoms with Gasteiger partial charge in [-0.3, -0.25) is 0 Å². The van der Waals surface area contributed by atoms with Crippen molar-refractivity contribution < 1.29 is 9.52 Å². The van der Waals surface area contributed by atoms with E-state index in [4.69, 9.17) is 4.42 Å². The van der Waals surface area contributed by atoms with Crippen LogP contribution in [0.1, 0.15) is 44.6 Å². The smallest absolute Gasteiger partial charge is 0.111 e. The van der Waals surface area contributed by atoms with Crippen molar-refractivity contribution in [2.75, 3.05) is 0 Å². The van der Waals surface area contributed by atoms with E-state index >= 15 is 0 Å². The summed E-state index contributed by atoms with van der Waals surface area (Å²) in [5.41, 5.74) is 1.15. The summed E-state index contributed by atoms with van der Waals surface area (Å²) in [7, 11) is 0. The SMILES string of the molecule is CC(O)(C1=CCCCCC1)c1ccoc1. The summed E-state index contributed by atoms with van der Waals surface area (Å²) in [4.78, 5) is 0. The molecule has 1 atom stereocenters. The predicted molar refractivity (Wildman–Crippen MR) is 59.4 cm³/mol. The van der Waals surface area contributed by atoms with Crippen LogP contribution >= 0.6 is 0 Å². The molecule has 2 rings (SSSR count). The normalized spacial score (nSPS) is 21.6. The van der Waals surface area contributed by atoms with Gasteiger partial charge in [0.2, 0.25) is 0 Å². The van der Waals surface area contributed by atoms with Gasteiger partial charge in [-0.05, 0) is 44.2 Å². The van der Waals surface area contributed by atoms with E-state index in [1.165, 1.54) is 19.3 Å². The van der Waals surface area contributed by atoms with Crippen LogP contribution < -0.4 is 0 Å². The van der Waals surface area contributed by atoms with Gasteiger partial charge in [-0.1, -0.05) is 12.5 Å². The van der Waals surface area contributed by atoms with Crippen molar-refractivity contribution in [3.05, 3.63) is 35.8 Å². The summed E-state index contributed by atoms with van der Waals surface area (Å²) in [6, 6.07) is 1.84. The Bertz CT molecular complexity index is 333. The van der Waals surface area contributed by atoms with Gasteiger partial charge in [-0.25, -0.2) is 0 Å². The lowest BCUT2D eigenvalue weighted by molar-refractivity contribution is 0.0925. The molecule has 1 aromatic rings. The average Bonchev–Trinajstić information content (AvgIpc) is 2.61. The van der Waals surface area contributed by atoms with Gasteiger partial charge in [0.05, 0.1) is 12.5 Å². The van der Waals surface area contributed by atoms with Crippen LogP contribution in [0.4, 0.5) is 0 Å². The van der Waals surface area contributed by atoms with E-state index in [-0.39, 0.29) is 0 Å². The molecule has 0 fully saturated rings. The molecule has 15 heavy (non-hydrogen) atoms. The third kappa shape index (κ3) is 2.15. The highest BCUT2D eigenvalue weighted by Crippen LogP contribution is 2.34. The van der Waals surface area contributed by atoms with Gasteiger partial charge in [0, 0.05) is 5.56 Å². The van der Waals surface area contributed by atoms with Gasteiger partial charge in [0.25, 0.3) is 0 Å². The van der Waals surface area contributed by atoms with Crippen molar-refractivity contribution in [3.8, 4) is 0 Å². The van der Waals surface area contributed by atoms with Crippen molar-refractivity contribution in [1.82, 2.24) is 0 Å². The molecule has 1 unspecified atom stereocenters. The molecule has 2 heteroatoms. The highest BCUT2D eigenvalue weighted by atomic mass is 16.3. The zero-order valence-corrected chi connectivity index (χ0v) is 9.20. The predicted octanol–water partition coefficient (Wildman–Crippen LogP) is 3.38. The molecule has 1 aromatic heterocycles. The minimum absolute atomic E-state index is 0.850. The minimum Gasteiger partial charge on any atom is -0.472 e. The van der Waals surface area contributed by atoms with E-state index in [0.717, 1.165) is 24.0 Å². The maximum absolute atomic E-state index is 10.5. The second kappa shape index (κ2) is 4.23. The fraction of sp³-hybridized carbons (Fsp3) is 0.538. The topological polar surface area (TPSA) is 33.4 Å². The summed E-state index contributed by atoms with van der Waals surface area (Å²) >= 11 is 0. The van der Waals surface area contributed by atoms with Gasteiger partial charge in [0.15, 0.2) is 0 Å². The number of allylic oxidation sites excluding steroid dienone is 1. The van der Waals surface area contributed by atoms with Crippen LogP contribution in [0, 0.1) is 0 Å². The summed E-state index contributed by atoms with van der Waals surface area (Å²) < 4.78 is 5.04. The number of aliphatic hydroxyl groups is 1. The van der Waals surface area contributed by atoms with Crippen LogP contribution in [0.15, 0.2) is 34.7 Å². The molecule has 0 saturated carbocycles. The Hall–Kier alpha value is -1.02. The molecule has 1 N–H and O–H groups in total. The quantitative estimate of drug-likeness (QED) is 0.752. The largest absolute Gasteiger partial charge is 0.472 e. The average molecular weight is 206 g/mol. The number of furan rings is 1. The van der Waals surface area contributed by atoms with Crippen LogP contribution in [0.3, 0.4) is 0 Å². The number of rotatable bonds is 2. The van der Waals surface area contributed by atoms with E-state index in [1.54, 1.807) is 12.5 Å². The van der Waals surface area contributed by atoms with E-state index < -0.39 is 5.60 Å². The first-order chi connectivity index (χ1) is 7.21. The lowest BCUT2D eigenvalue weighted by atomic mass is 9.87. The van der Waals surface area contributed by atoms with Crippen LogP contribution in [-0.4, -0.2) is 5.11 Å². The first-order valence-corrected chi connectivity index (χ1v) is 5.66. The highest BCUT2D eigenvalue weighted by molar-refractivity contribution is 5.29. The fourth-order valence-corrected chi connectivity index (χ4v) is 2.18. The van der Waals surface area contributed by atoms with E-state index in [1.807, 2.05) is 13.0 Å². The molecule has 0 amide bonds. The van der Waals surface area contributed by atoms with Gasteiger partial charge in [-0.15, -0.1) is 0 Å². The van der Waals surface area contributed by atoms with Crippen LogP contribution in [0.2, 0.25) is 0 Å². The van der Waals surface area contributed by atoms with Crippen LogP contribution in [0.5, 0.6) is 0 Å². The Labute approximate surface area is 90.6 Å². The molecular formula is C13H18O2. The fourth-order valence-electron chi connectivity index (χ4n) is 2.18. The van der Waals surface area contributed by atoms with Crippen molar-refractivity contribution in [3.63, 3.8) is 0 Å². The zero-order chi connectivity index (χ0) is 10.7. The molecule has 0 saturated heterocycles. The third-order valence-electron chi connectivity index (χ3n) is 3.25.